The van der Waals surface area contributed by atoms with E-state index in [-0.39, 0.29) is 11.8 Å². The van der Waals surface area contributed by atoms with E-state index in [1.54, 1.807) is 14.2 Å². The van der Waals surface area contributed by atoms with E-state index in [1.807, 2.05) is 26.0 Å². The minimum atomic E-state index is -1.65. The molecule has 0 aliphatic heterocycles. The molecule has 0 amide bonds. The van der Waals surface area contributed by atoms with Crippen molar-refractivity contribution in [3.05, 3.63) is 93.0 Å². The van der Waals surface area contributed by atoms with Crippen LogP contribution in [0.25, 0.3) is 0 Å². The third kappa shape index (κ3) is 5.34. The lowest BCUT2D eigenvalue weighted by molar-refractivity contribution is -0.0648. The Kier molecular flexibility index (Phi) is 8.92. The topological polar surface area (TPSA) is 58.9 Å². The molecule has 3 aromatic rings. The third-order valence-corrected chi connectivity index (χ3v) is 16.2. The predicted octanol–water partition coefficient (Wildman–Crippen LogP) is 9.54. The Morgan fingerprint density at radius 3 is 1.34 bits per heavy atom. The maximum atomic E-state index is 15.7. The first-order chi connectivity index (χ1) is 26.8. The number of aryl methyl sites for hydroxylation is 2. The van der Waals surface area contributed by atoms with Crippen molar-refractivity contribution in [3.63, 3.8) is 0 Å². The summed E-state index contributed by atoms with van der Waals surface area (Å²) >= 11 is 0. The first kappa shape index (κ1) is 37.6. The molecule has 4 saturated carbocycles. The summed E-state index contributed by atoms with van der Waals surface area (Å²) in [5.41, 5.74) is -1.36. The highest BCUT2D eigenvalue weighted by atomic mass is 19.2. The molecule has 10 atom stereocenters. The molecule has 0 unspecified atom stereocenters. The van der Waals surface area contributed by atoms with Crippen molar-refractivity contribution in [2.45, 2.75) is 114 Å². The molecule has 4 nitrogen and oxygen atoms in total. The number of methoxy groups -OCH3 is 2. The van der Waals surface area contributed by atoms with Gasteiger partial charge in [0.1, 0.15) is 33.8 Å². The predicted molar refractivity (Wildman–Crippen MR) is 205 cm³/mol. The number of ether oxygens (including phenoxy) is 2. The molecular weight excluding hydrogens is 717 g/mol. The van der Waals surface area contributed by atoms with Gasteiger partial charge in [-0.2, -0.15) is 0 Å². The van der Waals surface area contributed by atoms with Gasteiger partial charge in [0.2, 0.25) is 0 Å². The summed E-state index contributed by atoms with van der Waals surface area (Å²) in [7, 11) is 3.33. The van der Waals surface area contributed by atoms with Gasteiger partial charge < -0.3 is 19.7 Å². The Bertz CT molecular complexity index is 2060. The second-order valence-electron chi connectivity index (χ2n) is 18.2. The largest absolute Gasteiger partial charge is 0.497 e. The molecule has 0 aromatic heterocycles. The molecule has 6 aliphatic rings. The summed E-state index contributed by atoms with van der Waals surface area (Å²) in [5.74, 6) is 6.90. The van der Waals surface area contributed by atoms with Crippen LogP contribution in [0.15, 0.2) is 36.4 Å². The van der Waals surface area contributed by atoms with Crippen molar-refractivity contribution in [2.75, 3.05) is 14.2 Å². The number of fused-ring (bicyclic) bond motifs is 10. The average molecular weight is 767 g/mol. The summed E-state index contributed by atoms with van der Waals surface area (Å²) in [5, 5.41) is 24.1. The summed E-state index contributed by atoms with van der Waals surface area (Å²) in [6.07, 6.45) is 8.69. The molecule has 3 aromatic carbocycles. The fourth-order valence-corrected chi connectivity index (χ4v) is 13.0. The van der Waals surface area contributed by atoms with Crippen LogP contribution in [-0.4, -0.2) is 35.6 Å². The molecular formula is C48H50F4O4. The molecule has 0 heterocycles. The van der Waals surface area contributed by atoms with Crippen molar-refractivity contribution >= 4 is 0 Å². The molecule has 294 valence electrons. The van der Waals surface area contributed by atoms with Gasteiger partial charge in [-0.15, -0.1) is 0 Å². The third-order valence-electron chi connectivity index (χ3n) is 16.2. The zero-order valence-electron chi connectivity index (χ0n) is 32.6. The lowest BCUT2D eigenvalue weighted by Gasteiger charge is -2.52. The standard InChI is InChI=1S/C48H50F4O4/c1-45-19-13-33-31-11-7-29(55-3)25-27(31)5-9-35(33)39(45)17-23-47(45,53)21-15-37-41(49)43(51)38(44(52)42(37)50)16-22-48(54)24-18-40-36-10-6-28-26-30(56-4)8-12-32(28)34(36)14-20-46(40,48)2/h7-8,11-12,25-26,33-36,39-40,53-54H,5-6,9-10,13-14,17-20,23-24H2,1-4H3/t33-,34-,35-,36-,39+,40+,45+,46+,47+,48+/m1/s1. The van der Waals surface area contributed by atoms with Crippen LogP contribution in [0.1, 0.15) is 123 Å². The fourth-order valence-electron chi connectivity index (χ4n) is 13.0. The van der Waals surface area contributed by atoms with E-state index in [1.165, 1.54) is 22.3 Å². The van der Waals surface area contributed by atoms with Crippen molar-refractivity contribution in [1.82, 2.24) is 0 Å². The molecule has 0 radical (unpaired) electrons. The van der Waals surface area contributed by atoms with E-state index in [0.29, 0.717) is 62.2 Å². The van der Waals surface area contributed by atoms with Crippen molar-refractivity contribution in [1.29, 1.82) is 0 Å². The normalized spacial score (nSPS) is 36.2. The Balaban J connectivity index is 0.965. The Hall–Kier alpha value is -3.98. The maximum absolute atomic E-state index is 15.7. The van der Waals surface area contributed by atoms with Gasteiger partial charge in [0.25, 0.3) is 0 Å². The van der Waals surface area contributed by atoms with Crippen molar-refractivity contribution in [2.24, 2.45) is 34.5 Å². The number of benzene rings is 3. The number of halogens is 4. The second kappa shape index (κ2) is 13.3. The molecule has 56 heavy (non-hydrogen) atoms. The SMILES string of the molecule is COc1ccc2c(c1)CC[C@@H]1[C@@H]2CC[C@@]2(C)[C@H]1CC[C@@]2(O)C#Cc1c(F)c(F)c(C#C[C@]2(O)CC[C@H]3[C@@H]4CCc5cc(OC)ccc5[C@H]4CC[C@@]32C)c(F)c1F. The van der Waals surface area contributed by atoms with Crippen LogP contribution < -0.4 is 9.47 Å². The van der Waals surface area contributed by atoms with Gasteiger partial charge in [0, 0.05) is 10.8 Å². The molecule has 0 spiro atoms. The van der Waals surface area contributed by atoms with E-state index >= 15 is 17.6 Å². The van der Waals surface area contributed by atoms with Gasteiger partial charge in [-0.05, 0) is 159 Å². The Morgan fingerprint density at radius 1 is 0.571 bits per heavy atom. The van der Waals surface area contributed by atoms with Gasteiger partial charge >= 0.3 is 0 Å². The van der Waals surface area contributed by atoms with Crippen LogP contribution in [0, 0.1) is 81.5 Å². The highest BCUT2D eigenvalue weighted by Gasteiger charge is 2.62. The summed E-state index contributed by atoms with van der Waals surface area (Å²) in [6.45, 7) is 4.00. The lowest BCUT2D eigenvalue weighted by Crippen LogP contribution is -2.50. The van der Waals surface area contributed by atoms with Crippen molar-refractivity contribution < 1.29 is 37.2 Å². The number of aliphatic hydroxyl groups is 2. The van der Waals surface area contributed by atoms with Gasteiger partial charge in [0.15, 0.2) is 23.3 Å². The quantitative estimate of drug-likeness (QED) is 0.155. The van der Waals surface area contributed by atoms with E-state index in [0.717, 1.165) is 50.0 Å². The summed E-state index contributed by atoms with van der Waals surface area (Å²) in [4.78, 5) is 0. The zero-order chi connectivity index (χ0) is 39.4. The highest BCUT2D eigenvalue weighted by molar-refractivity contribution is 5.50. The smallest absolute Gasteiger partial charge is 0.178 e. The molecule has 8 heteroatoms. The summed E-state index contributed by atoms with van der Waals surface area (Å²) in [6, 6.07) is 12.5. The maximum Gasteiger partial charge on any atom is 0.178 e. The molecule has 2 N–H and O–H groups in total. The Morgan fingerprint density at radius 2 is 0.964 bits per heavy atom. The van der Waals surface area contributed by atoms with Crippen molar-refractivity contribution in [3.8, 4) is 35.2 Å². The van der Waals surface area contributed by atoms with Crippen LogP contribution in [0.2, 0.25) is 0 Å². The van der Waals surface area contributed by atoms with Crippen LogP contribution in [-0.2, 0) is 12.8 Å². The van der Waals surface area contributed by atoms with Crippen LogP contribution in [0.4, 0.5) is 17.6 Å². The molecule has 9 rings (SSSR count). The number of hydrogen-bond donors (Lipinski definition) is 2. The molecule has 0 bridgehead atoms. The lowest BCUT2D eigenvalue weighted by atomic mass is 9.53. The van der Waals surface area contributed by atoms with Crippen LogP contribution >= 0.6 is 0 Å². The van der Waals surface area contributed by atoms with Crippen LogP contribution in [0.5, 0.6) is 11.5 Å². The van der Waals surface area contributed by atoms with Gasteiger partial charge in [-0.3, -0.25) is 0 Å². The second-order valence-corrected chi connectivity index (χ2v) is 18.2. The van der Waals surface area contributed by atoms with Gasteiger partial charge in [-0.1, -0.05) is 49.7 Å². The Labute approximate surface area is 327 Å². The summed E-state index contributed by atoms with van der Waals surface area (Å²) < 4.78 is 73.8. The first-order valence-electron chi connectivity index (χ1n) is 20.5. The van der Waals surface area contributed by atoms with E-state index in [4.69, 9.17) is 9.47 Å². The molecule has 6 aliphatic carbocycles. The molecule has 4 fully saturated rings. The first-order valence-corrected chi connectivity index (χ1v) is 20.5. The number of rotatable bonds is 2. The highest BCUT2D eigenvalue weighted by Crippen LogP contribution is 2.65. The van der Waals surface area contributed by atoms with Gasteiger partial charge in [0.05, 0.1) is 14.2 Å². The average Bonchev–Trinajstić information content (AvgIpc) is 3.64. The van der Waals surface area contributed by atoms with E-state index in [9.17, 15) is 10.2 Å². The van der Waals surface area contributed by atoms with E-state index < -0.39 is 56.4 Å². The van der Waals surface area contributed by atoms with Crippen LogP contribution in [0.3, 0.4) is 0 Å². The minimum absolute atomic E-state index is 0.132. The zero-order valence-corrected chi connectivity index (χ0v) is 32.6. The van der Waals surface area contributed by atoms with Gasteiger partial charge in [-0.25, -0.2) is 17.6 Å². The van der Waals surface area contributed by atoms with E-state index in [2.05, 4.69) is 47.9 Å². The minimum Gasteiger partial charge on any atom is -0.497 e. The fraction of sp³-hybridized carbons (Fsp3) is 0.542. The monoisotopic (exact) mass is 766 g/mol. The number of hydrogen-bond acceptors (Lipinski definition) is 4. The molecule has 0 saturated heterocycles.